The van der Waals surface area contributed by atoms with E-state index in [2.05, 4.69) is 135 Å². The van der Waals surface area contributed by atoms with Crippen molar-refractivity contribution in [3.8, 4) is 22.3 Å². The maximum absolute atomic E-state index is 4.68. The van der Waals surface area contributed by atoms with Gasteiger partial charge in [-0.05, 0) is 113 Å². The molecule has 0 fully saturated rings. The average molecular weight is 532 g/mol. The molecule has 0 saturated heterocycles. The third kappa shape index (κ3) is 5.86. The Bertz CT molecular complexity index is 1800. The van der Waals surface area contributed by atoms with Gasteiger partial charge >= 0.3 is 0 Å². The maximum atomic E-state index is 4.68. The summed E-state index contributed by atoms with van der Waals surface area (Å²) < 4.78 is 0. The van der Waals surface area contributed by atoms with E-state index in [-0.39, 0.29) is 0 Å². The third-order valence-corrected chi connectivity index (χ3v) is 8.23. The van der Waals surface area contributed by atoms with E-state index in [1.807, 2.05) is 12.3 Å². The van der Waals surface area contributed by atoms with Gasteiger partial charge in [0.1, 0.15) is 0 Å². The zero-order valence-corrected chi connectivity index (χ0v) is 24.3. The summed E-state index contributed by atoms with van der Waals surface area (Å²) in [6.45, 7) is 6.67. The molecule has 0 spiro atoms. The molecule has 5 aromatic carbocycles. The number of aromatic nitrogens is 1. The highest BCUT2D eigenvalue weighted by molar-refractivity contribution is 5.88. The van der Waals surface area contributed by atoms with Gasteiger partial charge in [0.05, 0.1) is 0 Å². The second-order valence-electron chi connectivity index (χ2n) is 11.2. The van der Waals surface area contributed by atoms with E-state index in [1.54, 1.807) is 0 Å². The lowest BCUT2D eigenvalue weighted by Crippen LogP contribution is -2.07. The predicted octanol–water partition coefficient (Wildman–Crippen LogP) is 10.1. The Hall–Kier alpha value is -4.49. The quantitative estimate of drug-likeness (QED) is 0.190. The number of hydrogen-bond acceptors (Lipinski definition) is 1. The summed E-state index contributed by atoms with van der Waals surface area (Å²) in [4.78, 5) is 4.68. The van der Waals surface area contributed by atoms with Crippen molar-refractivity contribution in [2.75, 3.05) is 0 Å². The van der Waals surface area contributed by atoms with Crippen LogP contribution >= 0.6 is 0 Å². The smallest absolute Gasteiger partial charge is 0.0406 e. The molecule has 202 valence electrons. The van der Waals surface area contributed by atoms with Crippen LogP contribution in [0.2, 0.25) is 0 Å². The van der Waals surface area contributed by atoms with Crippen LogP contribution in [-0.4, -0.2) is 4.98 Å². The Kier molecular flexibility index (Phi) is 7.78. The number of benzene rings is 5. The van der Waals surface area contributed by atoms with Gasteiger partial charge in [0.2, 0.25) is 0 Å². The van der Waals surface area contributed by atoms with E-state index in [4.69, 9.17) is 0 Å². The van der Waals surface area contributed by atoms with Gasteiger partial charge in [-0.2, -0.15) is 0 Å². The minimum Gasteiger partial charge on any atom is -0.261 e. The highest BCUT2D eigenvalue weighted by Gasteiger charge is 2.20. The summed E-state index contributed by atoms with van der Waals surface area (Å²) >= 11 is 0. The molecule has 1 heteroatoms. The highest BCUT2D eigenvalue weighted by Crippen LogP contribution is 2.40. The lowest BCUT2D eigenvalue weighted by atomic mass is 9.81. The molecule has 0 amide bonds. The molecule has 0 atom stereocenters. The zero-order valence-electron chi connectivity index (χ0n) is 24.3. The second kappa shape index (κ2) is 11.9. The minimum absolute atomic E-state index is 0.914. The lowest BCUT2D eigenvalue weighted by molar-refractivity contribution is 0.889. The molecule has 1 nitrogen and oxygen atoms in total. The van der Waals surface area contributed by atoms with E-state index in [0.29, 0.717) is 0 Å². The largest absolute Gasteiger partial charge is 0.261 e. The van der Waals surface area contributed by atoms with Crippen LogP contribution in [0.15, 0.2) is 121 Å². The molecule has 0 radical (unpaired) electrons. The minimum atomic E-state index is 0.914. The molecule has 6 rings (SSSR count). The summed E-state index contributed by atoms with van der Waals surface area (Å²) in [5.74, 6) is 0. The molecule has 0 unspecified atom stereocenters. The number of rotatable bonds is 8. The molecule has 0 N–H and O–H groups in total. The summed E-state index contributed by atoms with van der Waals surface area (Å²) in [7, 11) is 0. The fourth-order valence-electron chi connectivity index (χ4n) is 6.17. The van der Waals surface area contributed by atoms with Crippen molar-refractivity contribution >= 4 is 10.8 Å². The van der Waals surface area contributed by atoms with Crippen molar-refractivity contribution in [2.24, 2.45) is 0 Å². The number of aryl methyl sites for hydroxylation is 3. The summed E-state index contributed by atoms with van der Waals surface area (Å²) in [5.41, 5.74) is 14.7. The molecule has 0 aliphatic carbocycles. The van der Waals surface area contributed by atoms with Crippen LogP contribution in [0.3, 0.4) is 0 Å². The zero-order chi connectivity index (χ0) is 28.2. The molecule has 1 heterocycles. The van der Waals surface area contributed by atoms with Crippen LogP contribution in [0, 0.1) is 13.8 Å². The van der Waals surface area contributed by atoms with E-state index in [9.17, 15) is 0 Å². The van der Waals surface area contributed by atoms with Gasteiger partial charge in [0, 0.05) is 11.9 Å². The summed E-state index contributed by atoms with van der Waals surface area (Å²) in [5, 5.41) is 2.59. The normalized spacial score (nSPS) is 11.2. The van der Waals surface area contributed by atoms with Gasteiger partial charge in [-0.25, -0.2) is 0 Å². The van der Waals surface area contributed by atoms with Gasteiger partial charge in [0.25, 0.3) is 0 Å². The topological polar surface area (TPSA) is 12.9 Å². The molecule has 1 aromatic heterocycles. The Morgan fingerprint density at radius 1 is 0.585 bits per heavy atom. The first kappa shape index (κ1) is 26.7. The Morgan fingerprint density at radius 3 is 2.15 bits per heavy atom. The molecule has 0 bridgehead atoms. The maximum Gasteiger partial charge on any atom is 0.0406 e. The van der Waals surface area contributed by atoms with Crippen LogP contribution in [0.1, 0.15) is 46.0 Å². The van der Waals surface area contributed by atoms with Crippen molar-refractivity contribution < 1.29 is 0 Å². The van der Waals surface area contributed by atoms with Crippen molar-refractivity contribution in [1.29, 1.82) is 0 Å². The summed E-state index contributed by atoms with van der Waals surface area (Å²) in [6.07, 6.45) is 5.68. The van der Waals surface area contributed by atoms with Crippen LogP contribution in [0.5, 0.6) is 0 Å². The van der Waals surface area contributed by atoms with Crippen molar-refractivity contribution in [3.05, 3.63) is 161 Å². The molecule has 0 aliphatic heterocycles. The van der Waals surface area contributed by atoms with Gasteiger partial charge in [-0.3, -0.25) is 4.98 Å². The number of nitrogens with zero attached hydrogens (tertiary/aromatic N) is 1. The number of fused-ring (bicyclic) bond motifs is 1. The first-order valence-corrected chi connectivity index (χ1v) is 14.8. The van der Waals surface area contributed by atoms with Gasteiger partial charge in [-0.1, -0.05) is 115 Å². The SMILES string of the molecule is CCc1c(Cc2ccc3ccccc3c2)cc(-c2ccc(C)cc2)c(-c2cccc(C)c2)c1CCc1ccccn1. The fourth-order valence-corrected chi connectivity index (χ4v) is 6.17. The van der Waals surface area contributed by atoms with E-state index < -0.39 is 0 Å². The molecule has 6 aromatic rings. The lowest BCUT2D eigenvalue weighted by Gasteiger charge is -2.24. The average Bonchev–Trinajstić information content (AvgIpc) is 3.00. The monoisotopic (exact) mass is 531 g/mol. The first-order valence-electron chi connectivity index (χ1n) is 14.8. The molecular formula is C40H37N. The highest BCUT2D eigenvalue weighted by atomic mass is 14.7. The number of hydrogen-bond donors (Lipinski definition) is 0. The Labute approximate surface area is 244 Å². The van der Waals surface area contributed by atoms with Crippen LogP contribution in [0.25, 0.3) is 33.0 Å². The molecule has 0 saturated carbocycles. The van der Waals surface area contributed by atoms with E-state index >= 15 is 0 Å². The molecule has 0 aliphatic rings. The van der Waals surface area contributed by atoms with Crippen molar-refractivity contribution in [3.63, 3.8) is 0 Å². The van der Waals surface area contributed by atoms with Gasteiger partial charge in [0.15, 0.2) is 0 Å². The molecule has 41 heavy (non-hydrogen) atoms. The van der Waals surface area contributed by atoms with Crippen LogP contribution < -0.4 is 0 Å². The standard InChI is InChI=1S/C40H37N/c1-4-37-35(26-30-17-20-31-11-5-6-12-33(31)25-30)27-39(32-18-15-28(2)16-19-32)40(34-13-9-10-29(3)24-34)38(37)22-21-36-14-7-8-23-41-36/h5-20,23-25,27H,4,21-22,26H2,1-3H3. The van der Waals surface area contributed by atoms with E-state index in [1.165, 1.54) is 66.4 Å². The van der Waals surface area contributed by atoms with Crippen LogP contribution in [0.4, 0.5) is 0 Å². The van der Waals surface area contributed by atoms with Crippen LogP contribution in [-0.2, 0) is 25.7 Å². The number of pyridine rings is 1. The second-order valence-corrected chi connectivity index (χ2v) is 11.2. The Balaban J connectivity index is 1.57. The predicted molar refractivity (Wildman–Crippen MR) is 175 cm³/mol. The molecular weight excluding hydrogens is 494 g/mol. The summed E-state index contributed by atoms with van der Waals surface area (Å²) in [6, 6.07) is 42.4. The Morgan fingerprint density at radius 2 is 1.39 bits per heavy atom. The van der Waals surface area contributed by atoms with Gasteiger partial charge < -0.3 is 0 Å². The first-order chi connectivity index (χ1) is 20.1. The van der Waals surface area contributed by atoms with Crippen molar-refractivity contribution in [1.82, 2.24) is 4.98 Å². The van der Waals surface area contributed by atoms with Crippen molar-refractivity contribution in [2.45, 2.75) is 46.5 Å². The third-order valence-electron chi connectivity index (χ3n) is 8.23. The van der Waals surface area contributed by atoms with E-state index in [0.717, 1.165) is 31.4 Å². The fraction of sp³-hybridized carbons (Fsp3) is 0.175. The van der Waals surface area contributed by atoms with Gasteiger partial charge in [-0.15, -0.1) is 0 Å².